The zero-order chi connectivity index (χ0) is 11.4. The lowest BCUT2D eigenvalue weighted by Crippen LogP contribution is -2.10. The normalized spacial score (nSPS) is 15.0. The second kappa shape index (κ2) is 5.32. The Labute approximate surface area is 93.1 Å². The van der Waals surface area contributed by atoms with E-state index in [9.17, 15) is 5.11 Å². The van der Waals surface area contributed by atoms with Crippen molar-refractivity contribution in [2.45, 2.75) is 46.6 Å². The maximum Gasteiger partial charge on any atom is 0.0818 e. The Morgan fingerprint density at radius 2 is 1.93 bits per heavy atom. The van der Waals surface area contributed by atoms with Crippen molar-refractivity contribution in [2.24, 2.45) is 5.92 Å². The summed E-state index contributed by atoms with van der Waals surface area (Å²) >= 11 is 0. The number of aliphatic hydroxyl groups is 1. The van der Waals surface area contributed by atoms with Gasteiger partial charge in [0.2, 0.25) is 0 Å². The van der Waals surface area contributed by atoms with Crippen LogP contribution in [0.1, 0.15) is 49.5 Å². The fourth-order valence-electron chi connectivity index (χ4n) is 2.01. The van der Waals surface area contributed by atoms with Crippen LogP contribution in [0.5, 0.6) is 0 Å². The second-order valence-corrected chi connectivity index (χ2v) is 4.50. The Hall–Kier alpha value is -0.820. The van der Waals surface area contributed by atoms with Crippen LogP contribution < -0.4 is 0 Å². The van der Waals surface area contributed by atoms with Gasteiger partial charge in [-0.2, -0.15) is 0 Å². The highest BCUT2D eigenvalue weighted by molar-refractivity contribution is 5.34. The van der Waals surface area contributed by atoms with Crippen molar-refractivity contribution >= 4 is 0 Å². The van der Waals surface area contributed by atoms with Crippen molar-refractivity contribution in [1.29, 1.82) is 0 Å². The summed E-state index contributed by atoms with van der Waals surface area (Å²) in [6.45, 7) is 8.46. The van der Waals surface area contributed by atoms with E-state index < -0.39 is 0 Å². The van der Waals surface area contributed by atoms with Crippen LogP contribution in [-0.2, 0) is 0 Å². The van der Waals surface area contributed by atoms with Crippen LogP contribution in [0.2, 0.25) is 0 Å². The van der Waals surface area contributed by atoms with Gasteiger partial charge in [-0.3, -0.25) is 0 Å². The van der Waals surface area contributed by atoms with Gasteiger partial charge in [0.25, 0.3) is 0 Å². The highest BCUT2D eigenvalue weighted by Crippen LogP contribution is 2.28. The van der Waals surface area contributed by atoms with Crippen molar-refractivity contribution in [3.8, 4) is 0 Å². The summed E-state index contributed by atoms with van der Waals surface area (Å²) in [5.74, 6) is 0.343. The Morgan fingerprint density at radius 3 is 2.53 bits per heavy atom. The van der Waals surface area contributed by atoms with Gasteiger partial charge in [0.1, 0.15) is 0 Å². The number of hydrogen-bond acceptors (Lipinski definition) is 1. The summed E-state index contributed by atoms with van der Waals surface area (Å²) < 4.78 is 0. The molecule has 2 unspecified atom stereocenters. The first kappa shape index (κ1) is 12.3. The van der Waals surface area contributed by atoms with Gasteiger partial charge < -0.3 is 5.11 Å². The van der Waals surface area contributed by atoms with E-state index in [0.29, 0.717) is 5.92 Å². The van der Waals surface area contributed by atoms with E-state index in [1.54, 1.807) is 0 Å². The number of hydrogen-bond donors (Lipinski definition) is 1. The van der Waals surface area contributed by atoms with Crippen LogP contribution in [0.25, 0.3) is 0 Å². The van der Waals surface area contributed by atoms with E-state index in [1.165, 1.54) is 11.1 Å². The van der Waals surface area contributed by atoms with Gasteiger partial charge >= 0.3 is 0 Å². The summed E-state index contributed by atoms with van der Waals surface area (Å²) in [5.41, 5.74) is 3.58. The number of rotatable bonds is 4. The molecule has 0 aliphatic carbocycles. The summed E-state index contributed by atoms with van der Waals surface area (Å²) in [5, 5.41) is 10.2. The highest BCUT2D eigenvalue weighted by atomic mass is 16.3. The summed E-state index contributed by atoms with van der Waals surface area (Å²) in [6.07, 6.45) is 1.89. The fraction of sp³-hybridized carbons (Fsp3) is 0.571. The molecule has 0 aromatic heterocycles. The quantitative estimate of drug-likeness (QED) is 0.795. The molecule has 1 nitrogen and oxygen atoms in total. The topological polar surface area (TPSA) is 20.2 Å². The van der Waals surface area contributed by atoms with Crippen molar-refractivity contribution in [3.05, 3.63) is 34.9 Å². The standard InChI is InChI=1S/C14H22O/c1-5-7-11(3)14(15)13-9-6-8-10(2)12(13)4/h6,8-9,11,14-15H,5,7H2,1-4H3. The molecule has 1 heteroatoms. The highest BCUT2D eigenvalue weighted by Gasteiger charge is 2.17. The van der Waals surface area contributed by atoms with Crippen LogP contribution in [0.4, 0.5) is 0 Å². The Morgan fingerprint density at radius 1 is 1.27 bits per heavy atom. The molecule has 0 fully saturated rings. The maximum atomic E-state index is 10.2. The third kappa shape index (κ3) is 2.82. The van der Waals surface area contributed by atoms with Gasteiger partial charge in [0.05, 0.1) is 6.10 Å². The first-order chi connectivity index (χ1) is 7.07. The molecule has 84 valence electrons. The zero-order valence-corrected chi connectivity index (χ0v) is 10.2. The summed E-state index contributed by atoms with van der Waals surface area (Å²) in [7, 11) is 0. The van der Waals surface area contributed by atoms with Crippen LogP contribution in [0.15, 0.2) is 18.2 Å². The van der Waals surface area contributed by atoms with Crippen molar-refractivity contribution in [3.63, 3.8) is 0 Å². The van der Waals surface area contributed by atoms with E-state index in [4.69, 9.17) is 0 Å². The van der Waals surface area contributed by atoms with E-state index in [2.05, 4.69) is 33.8 Å². The predicted molar refractivity (Wildman–Crippen MR) is 64.9 cm³/mol. The summed E-state index contributed by atoms with van der Waals surface area (Å²) in [4.78, 5) is 0. The molecule has 0 aliphatic heterocycles. The molecule has 0 bridgehead atoms. The lowest BCUT2D eigenvalue weighted by Gasteiger charge is -2.21. The molecule has 0 spiro atoms. The number of benzene rings is 1. The largest absolute Gasteiger partial charge is 0.388 e. The lowest BCUT2D eigenvalue weighted by atomic mass is 9.90. The molecule has 0 saturated carbocycles. The molecular weight excluding hydrogens is 184 g/mol. The molecule has 0 radical (unpaired) electrons. The molecule has 1 aromatic carbocycles. The van der Waals surface area contributed by atoms with Crippen LogP contribution in [0, 0.1) is 19.8 Å². The Balaban J connectivity index is 2.90. The van der Waals surface area contributed by atoms with E-state index >= 15 is 0 Å². The zero-order valence-electron chi connectivity index (χ0n) is 10.2. The van der Waals surface area contributed by atoms with Crippen molar-refractivity contribution in [1.82, 2.24) is 0 Å². The lowest BCUT2D eigenvalue weighted by molar-refractivity contribution is 0.111. The minimum absolute atomic E-state index is 0.315. The number of aryl methyl sites for hydroxylation is 1. The average molecular weight is 206 g/mol. The number of aliphatic hydroxyl groups excluding tert-OH is 1. The van der Waals surface area contributed by atoms with Crippen LogP contribution in [-0.4, -0.2) is 5.11 Å². The Bertz CT molecular complexity index is 317. The van der Waals surface area contributed by atoms with Crippen LogP contribution >= 0.6 is 0 Å². The monoisotopic (exact) mass is 206 g/mol. The maximum absolute atomic E-state index is 10.2. The first-order valence-electron chi connectivity index (χ1n) is 5.82. The summed E-state index contributed by atoms with van der Waals surface area (Å²) in [6, 6.07) is 6.16. The van der Waals surface area contributed by atoms with Gasteiger partial charge in [-0.05, 0) is 42.9 Å². The van der Waals surface area contributed by atoms with E-state index in [-0.39, 0.29) is 6.10 Å². The molecule has 0 amide bonds. The third-order valence-corrected chi connectivity index (χ3v) is 3.25. The first-order valence-corrected chi connectivity index (χ1v) is 5.82. The second-order valence-electron chi connectivity index (χ2n) is 4.50. The molecule has 1 rings (SSSR count). The van der Waals surface area contributed by atoms with Gasteiger partial charge in [-0.25, -0.2) is 0 Å². The molecular formula is C14H22O. The van der Waals surface area contributed by atoms with Crippen molar-refractivity contribution < 1.29 is 5.11 Å². The van der Waals surface area contributed by atoms with Gasteiger partial charge in [-0.1, -0.05) is 38.5 Å². The molecule has 0 saturated heterocycles. The fourth-order valence-corrected chi connectivity index (χ4v) is 2.01. The predicted octanol–water partition coefficient (Wildman–Crippen LogP) is 3.77. The molecule has 0 heterocycles. The molecule has 0 aliphatic rings. The third-order valence-electron chi connectivity index (χ3n) is 3.25. The van der Waals surface area contributed by atoms with Gasteiger partial charge in [0.15, 0.2) is 0 Å². The van der Waals surface area contributed by atoms with E-state index in [1.807, 2.05) is 12.1 Å². The average Bonchev–Trinajstić information content (AvgIpc) is 2.21. The molecule has 15 heavy (non-hydrogen) atoms. The van der Waals surface area contributed by atoms with Gasteiger partial charge in [-0.15, -0.1) is 0 Å². The Kier molecular flexibility index (Phi) is 4.34. The minimum atomic E-state index is -0.315. The molecule has 2 atom stereocenters. The minimum Gasteiger partial charge on any atom is -0.388 e. The molecule has 1 N–H and O–H groups in total. The SMILES string of the molecule is CCCC(C)C(O)c1cccc(C)c1C. The van der Waals surface area contributed by atoms with Crippen LogP contribution in [0.3, 0.4) is 0 Å². The molecule has 1 aromatic rings. The van der Waals surface area contributed by atoms with Crippen molar-refractivity contribution in [2.75, 3.05) is 0 Å². The van der Waals surface area contributed by atoms with Gasteiger partial charge in [0, 0.05) is 0 Å². The smallest absolute Gasteiger partial charge is 0.0818 e. The van der Waals surface area contributed by atoms with E-state index in [0.717, 1.165) is 18.4 Å².